The molecule has 0 radical (unpaired) electrons. The minimum absolute atomic E-state index is 0.176. The number of rotatable bonds is 4. The van der Waals surface area contributed by atoms with Gasteiger partial charge in [0.05, 0.1) is 15.8 Å². The van der Waals surface area contributed by atoms with E-state index in [1.54, 1.807) is 30.3 Å². The summed E-state index contributed by atoms with van der Waals surface area (Å²) < 4.78 is 26.1. The molecule has 0 aliphatic heterocycles. The highest BCUT2D eigenvalue weighted by Crippen LogP contribution is 2.31. The summed E-state index contributed by atoms with van der Waals surface area (Å²) in [5.41, 5.74) is 3.76. The molecule has 1 N–H and O–H groups in total. The van der Waals surface area contributed by atoms with E-state index in [4.69, 9.17) is 4.98 Å². The maximum absolute atomic E-state index is 13.1. The maximum Gasteiger partial charge on any atom is 0.254 e. The summed E-state index contributed by atoms with van der Waals surface area (Å²) in [4.78, 5) is 21.0. The first kappa shape index (κ1) is 20.4. The van der Waals surface area contributed by atoms with Crippen molar-refractivity contribution >= 4 is 9.84 Å². The Kier molecular flexibility index (Phi) is 5.23. The van der Waals surface area contributed by atoms with Crippen LogP contribution in [0.25, 0.3) is 22.5 Å². The monoisotopic (exact) mass is 442 g/mol. The molecule has 0 saturated heterocycles. The summed E-state index contributed by atoms with van der Waals surface area (Å²) in [5, 5.41) is -0.622. The zero-order valence-electron chi connectivity index (χ0n) is 17.4. The lowest BCUT2D eigenvalue weighted by Gasteiger charge is -2.24. The van der Waals surface area contributed by atoms with Crippen LogP contribution in [0.3, 0.4) is 0 Å². The van der Waals surface area contributed by atoms with Crippen LogP contribution in [0.15, 0.2) is 94.6 Å². The van der Waals surface area contributed by atoms with Gasteiger partial charge in [-0.15, -0.1) is 0 Å². The van der Waals surface area contributed by atoms with Crippen LogP contribution in [0, 0.1) is 0 Å². The molecule has 4 aromatic rings. The fraction of sp³-hybridized carbons (Fsp3) is 0.154. The number of hydrogen-bond donors (Lipinski definition) is 1. The lowest BCUT2D eigenvalue weighted by Crippen LogP contribution is -2.33. The van der Waals surface area contributed by atoms with Crippen molar-refractivity contribution in [3.63, 3.8) is 0 Å². The van der Waals surface area contributed by atoms with Crippen LogP contribution in [0.4, 0.5) is 0 Å². The molecule has 0 saturated carbocycles. The largest absolute Gasteiger partial charge is 0.306 e. The molecule has 1 aromatic heterocycles. The predicted octanol–water partition coefficient (Wildman–Crippen LogP) is 4.44. The second-order valence-corrected chi connectivity index (χ2v) is 10.2. The second-order valence-electron chi connectivity index (χ2n) is 7.97. The molecule has 1 aliphatic carbocycles. The zero-order chi connectivity index (χ0) is 22.1. The molecule has 32 heavy (non-hydrogen) atoms. The third kappa shape index (κ3) is 3.67. The van der Waals surface area contributed by atoms with E-state index in [2.05, 4.69) is 4.98 Å². The average Bonchev–Trinajstić information content (AvgIpc) is 2.85. The lowest BCUT2D eigenvalue weighted by atomic mass is 9.95. The molecular weight excluding hydrogens is 420 g/mol. The number of benzene rings is 3. The molecule has 0 amide bonds. The van der Waals surface area contributed by atoms with Crippen LogP contribution < -0.4 is 5.56 Å². The Bertz CT molecular complexity index is 1430. The molecule has 6 heteroatoms. The number of sulfone groups is 1. The average molecular weight is 443 g/mol. The molecule has 1 unspecified atom stereocenters. The van der Waals surface area contributed by atoms with Crippen molar-refractivity contribution in [3.8, 4) is 22.5 Å². The molecule has 0 fully saturated rings. The van der Waals surface area contributed by atoms with Crippen LogP contribution in [0.5, 0.6) is 0 Å². The predicted molar refractivity (Wildman–Crippen MR) is 125 cm³/mol. The number of fused-ring (bicyclic) bond motifs is 1. The summed E-state index contributed by atoms with van der Waals surface area (Å²) in [7, 11) is -3.51. The minimum Gasteiger partial charge on any atom is -0.306 e. The van der Waals surface area contributed by atoms with Gasteiger partial charge in [0.25, 0.3) is 5.56 Å². The number of aromatic amines is 1. The van der Waals surface area contributed by atoms with Gasteiger partial charge in [0.15, 0.2) is 9.84 Å². The molecule has 0 spiro atoms. The SMILES string of the molecule is O=c1[nH]c(-c2ccccc2-c2ccccc2)nc2c1CC(S(=O)(=O)c1ccccc1)CC2. The van der Waals surface area contributed by atoms with Gasteiger partial charge in [-0.25, -0.2) is 13.4 Å². The van der Waals surface area contributed by atoms with Crippen LogP contribution in [0.1, 0.15) is 17.7 Å². The normalized spacial score (nSPS) is 15.8. The Morgan fingerprint density at radius 1 is 0.812 bits per heavy atom. The highest BCUT2D eigenvalue weighted by Gasteiger charge is 2.33. The van der Waals surface area contributed by atoms with Gasteiger partial charge in [0, 0.05) is 11.1 Å². The van der Waals surface area contributed by atoms with Crippen LogP contribution >= 0.6 is 0 Å². The quantitative estimate of drug-likeness (QED) is 0.507. The fourth-order valence-corrected chi connectivity index (χ4v) is 6.08. The molecule has 5 rings (SSSR count). The molecular formula is C26H22N2O3S. The van der Waals surface area contributed by atoms with Crippen molar-refractivity contribution in [2.45, 2.75) is 29.4 Å². The van der Waals surface area contributed by atoms with Gasteiger partial charge in [0.2, 0.25) is 0 Å². The van der Waals surface area contributed by atoms with E-state index < -0.39 is 15.1 Å². The third-order valence-corrected chi connectivity index (χ3v) is 8.22. The Hall–Kier alpha value is -3.51. The van der Waals surface area contributed by atoms with Crippen LogP contribution in [0.2, 0.25) is 0 Å². The topological polar surface area (TPSA) is 79.9 Å². The van der Waals surface area contributed by atoms with Gasteiger partial charge >= 0.3 is 0 Å². The van der Waals surface area contributed by atoms with Crippen molar-refractivity contribution in [1.29, 1.82) is 0 Å². The highest BCUT2D eigenvalue weighted by molar-refractivity contribution is 7.92. The second kappa shape index (κ2) is 8.20. The Morgan fingerprint density at radius 2 is 1.44 bits per heavy atom. The molecule has 0 bridgehead atoms. The minimum atomic E-state index is -3.51. The van der Waals surface area contributed by atoms with E-state index in [-0.39, 0.29) is 12.0 Å². The molecule has 5 nitrogen and oxygen atoms in total. The van der Waals surface area contributed by atoms with Crippen molar-refractivity contribution in [3.05, 3.63) is 107 Å². The van der Waals surface area contributed by atoms with E-state index in [9.17, 15) is 13.2 Å². The number of nitrogens with one attached hydrogen (secondary N) is 1. The number of aryl methyl sites for hydroxylation is 1. The third-order valence-electron chi connectivity index (χ3n) is 6.01. The Labute approximate surface area is 186 Å². The van der Waals surface area contributed by atoms with E-state index in [1.165, 1.54) is 0 Å². The first-order valence-electron chi connectivity index (χ1n) is 10.6. The molecule has 1 aliphatic rings. The Balaban J connectivity index is 1.53. The standard InChI is InChI=1S/C26H22N2O3S/c29-26-23-17-20(32(30,31)19-11-5-2-6-12-19)15-16-24(23)27-25(28-26)22-14-8-7-13-21(22)18-9-3-1-4-10-18/h1-14,20H,15-17H2,(H,27,28,29). The van der Waals surface area contributed by atoms with Gasteiger partial charge < -0.3 is 4.98 Å². The summed E-state index contributed by atoms with van der Waals surface area (Å²) in [6.07, 6.45) is 1.08. The zero-order valence-corrected chi connectivity index (χ0v) is 18.2. The highest BCUT2D eigenvalue weighted by atomic mass is 32.2. The molecule has 3 aromatic carbocycles. The molecule has 160 valence electrons. The van der Waals surface area contributed by atoms with E-state index in [0.717, 1.165) is 16.7 Å². The van der Waals surface area contributed by atoms with Crippen molar-refractivity contribution in [1.82, 2.24) is 9.97 Å². The molecule has 1 atom stereocenters. The maximum atomic E-state index is 13.1. The van der Waals surface area contributed by atoms with Crippen molar-refractivity contribution < 1.29 is 8.42 Å². The van der Waals surface area contributed by atoms with Gasteiger partial charge in [-0.05, 0) is 42.5 Å². The Morgan fingerprint density at radius 3 is 2.16 bits per heavy atom. The smallest absolute Gasteiger partial charge is 0.254 e. The van der Waals surface area contributed by atoms with Gasteiger partial charge in [-0.3, -0.25) is 4.79 Å². The van der Waals surface area contributed by atoms with E-state index >= 15 is 0 Å². The number of aromatic nitrogens is 2. The summed E-state index contributed by atoms with van der Waals surface area (Å²) >= 11 is 0. The number of H-pyrrole nitrogens is 1. The van der Waals surface area contributed by atoms with Crippen molar-refractivity contribution in [2.75, 3.05) is 0 Å². The van der Waals surface area contributed by atoms with Crippen LogP contribution in [-0.4, -0.2) is 23.6 Å². The summed E-state index contributed by atoms with van der Waals surface area (Å²) in [5.74, 6) is 0.512. The first-order valence-corrected chi connectivity index (χ1v) is 12.1. The fourth-order valence-electron chi connectivity index (χ4n) is 4.34. The summed E-state index contributed by atoms with van der Waals surface area (Å²) in [6, 6.07) is 26.2. The number of hydrogen-bond acceptors (Lipinski definition) is 4. The van der Waals surface area contributed by atoms with Crippen molar-refractivity contribution in [2.24, 2.45) is 0 Å². The molecule has 1 heterocycles. The van der Waals surface area contributed by atoms with Gasteiger partial charge in [-0.2, -0.15) is 0 Å². The summed E-state index contributed by atoms with van der Waals surface area (Å²) in [6.45, 7) is 0. The van der Waals surface area contributed by atoms with E-state index in [0.29, 0.717) is 34.8 Å². The number of nitrogens with zero attached hydrogens (tertiary/aromatic N) is 1. The van der Waals surface area contributed by atoms with E-state index in [1.807, 2.05) is 54.6 Å². The van der Waals surface area contributed by atoms with Crippen LogP contribution in [-0.2, 0) is 22.7 Å². The van der Waals surface area contributed by atoms with Gasteiger partial charge in [0.1, 0.15) is 5.82 Å². The van der Waals surface area contributed by atoms with Gasteiger partial charge in [-0.1, -0.05) is 72.8 Å². The first-order chi connectivity index (χ1) is 15.5. The lowest BCUT2D eigenvalue weighted by molar-refractivity contribution is 0.557.